The van der Waals surface area contributed by atoms with E-state index in [0.717, 1.165) is 0 Å². The third-order valence-corrected chi connectivity index (χ3v) is 2.84. The van der Waals surface area contributed by atoms with E-state index < -0.39 is 0 Å². The molecule has 1 fully saturated rings. The monoisotopic (exact) mass is 245 g/mol. The normalized spacial score (nSPS) is 23.5. The van der Waals surface area contributed by atoms with Gasteiger partial charge < -0.3 is 9.64 Å². The maximum absolute atomic E-state index is 12.3. The number of morpholine rings is 1. The van der Waals surface area contributed by atoms with E-state index in [1.54, 1.807) is 17.0 Å². The Morgan fingerprint density at radius 2 is 2.17 bits per heavy atom. The molecule has 0 unspecified atom stereocenters. The van der Waals surface area contributed by atoms with Gasteiger partial charge in [-0.05, 0) is 26.0 Å². The number of aromatic nitrogens is 1. The van der Waals surface area contributed by atoms with E-state index in [2.05, 4.69) is 4.98 Å². The van der Waals surface area contributed by atoms with Gasteiger partial charge in [0.1, 0.15) is 11.8 Å². The lowest BCUT2D eigenvalue weighted by molar-refractivity contribution is -0.0587. The van der Waals surface area contributed by atoms with Crippen molar-refractivity contribution in [3.05, 3.63) is 29.6 Å². The number of nitriles is 1. The molecule has 94 valence electrons. The summed E-state index contributed by atoms with van der Waals surface area (Å²) in [4.78, 5) is 18.0. The highest BCUT2D eigenvalue weighted by Gasteiger charge is 2.28. The molecule has 0 N–H and O–H groups in total. The van der Waals surface area contributed by atoms with Crippen molar-refractivity contribution in [2.24, 2.45) is 0 Å². The van der Waals surface area contributed by atoms with Crippen molar-refractivity contribution in [1.82, 2.24) is 9.88 Å². The molecule has 2 heterocycles. The van der Waals surface area contributed by atoms with Gasteiger partial charge in [0.25, 0.3) is 5.91 Å². The molecular weight excluding hydrogens is 230 g/mol. The predicted molar refractivity (Wildman–Crippen MR) is 64.9 cm³/mol. The summed E-state index contributed by atoms with van der Waals surface area (Å²) in [6.07, 6.45) is 1.54. The van der Waals surface area contributed by atoms with Crippen LogP contribution in [0.5, 0.6) is 0 Å². The molecular formula is C13H15N3O2. The molecule has 0 radical (unpaired) electrons. The largest absolute Gasteiger partial charge is 0.372 e. The number of rotatable bonds is 1. The van der Waals surface area contributed by atoms with E-state index >= 15 is 0 Å². The lowest BCUT2D eigenvalue weighted by Crippen LogP contribution is -2.48. The molecule has 0 bridgehead atoms. The van der Waals surface area contributed by atoms with E-state index in [4.69, 9.17) is 10.00 Å². The fraction of sp³-hybridized carbons (Fsp3) is 0.462. The summed E-state index contributed by atoms with van der Waals surface area (Å²) in [5.74, 6) is -0.200. The minimum absolute atomic E-state index is 0.00643. The molecule has 0 aliphatic carbocycles. The molecule has 2 atom stereocenters. The summed E-state index contributed by atoms with van der Waals surface area (Å²) in [5, 5.41) is 8.98. The first-order valence-corrected chi connectivity index (χ1v) is 5.91. The van der Waals surface area contributed by atoms with Gasteiger partial charge in [0, 0.05) is 19.3 Å². The molecule has 1 aliphatic heterocycles. The van der Waals surface area contributed by atoms with E-state index in [1.165, 1.54) is 6.20 Å². The number of amides is 1. The average molecular weight is 245 g/mol. The van der Waals surface area contributed by atoms with Gasteiger partial charge in [-0.25, -0.2) is 4.98 Å². The molecule has 1 saturated heterocycles. The Morgan fingerprint density at radius 3 is 2.78 bits per heavy atom. The number of carbonyl (C=O) groups excluding carboxylic acids is 1. The van der Waals surface area contributed by atoms with Crippen LogP contribution in [0, 0.1) is 11.3 Å². The lowest BCUT2D eigenvalue weighted by Gasteiger charge is -2.35. The summed E-state index contributed by atoms with van der Waals surface area (Å²) >= 11 is 0. The van der Waals surface area contributed by atoms with Crippen LogP contribution < -0.4 is 0 Å². The van der Waals surface area contributed by atoms with Gasteiger partial charge in [-0.2, -0.15) is 5.26 Å². The highest BCUT2D eigenvalue weighted by molar-refractivity contribution is 5.94. The topological polar surface area (TPSA) is 66.2 Å². The molecule has 0 saturated carbocycles. The van der Waals surface area contributed by atoms with Gasteiger partial charge in [0.2, 0.25) is 0 Å². The SMILES string of the molecule is C[C@@H]1CN(C(=O)c2ncccc2C#N)C[C@H](C)O1. The molecule has 5 nitrogen and oxygen atoms in total. The van der Waals surface area contributed by atoms with E-state index in [0.29, 0.717) is 18.7 Å². The first-order valence-electron chi connectivity index (χ1n) is 5.91. The van der Waals surface area contributed by atoms with Gasteiger partial charge in [0.15, 0.2) is 0 Å². The Bertz CT molecular complexity index is 485. The maximum atomic E-state index is 12.3. The predicted octanol–water partition coefficient (Wildman–Crippen LogP) is 1.20. The van der Waals surface area contributed by atoms with Gasteiger partial charge in [0.05, 0.1) is 17.8 Å². The van der Waals surface area contributed by atoms with Gasteiger partial charge in [-0.15, -0.1) is 0 Å². The van der Waals surface area contributed by atoms with Crippen LogP contribution in [0.2, 0.25) is 0 Å². The van der Waals surface area contributed by atoms with Gasteiger partial charge >= 0.3 is 0 Å². The minimum atomic E-state index is -0.200. The smallest absolute Gasteiger partial charge is 0.274 e. The molecule has 1 aromatic rings. The maximum Gasteiger partial charge on any atom is 0.274 e. The molecule has 1 aromatic heterocycles. The quantitative estimate of drug-likeness (QED) is 0.745. The minimum Gasteiger partial charge on any atom is -0.372 e. The van der Waals surface area contributed by atoms with Crippen molar-refractivity contribution in [2.75, 3.05) is 13.1 Å². The number of pyridine rings is 1. The zero-order valence-electron chi connectivity index (χ0n) is 10.5. The second kappa shape index (κ2) is 5.15. The Hall–Kier alpha value is -1.93. The Kier molecular flexibility index (Phi) is 3.58. The zero-order valence-corrected chi connectivity index (χ0v) is 10.5. The number of hydrogen-bond acceptors (Lipinski definition) is 4. The highest BCUT2D eigenvalue weighted by Crippen LogP contribution is 2.15. The van der Waals surface area contributed by atoms with Crippen LogP contribution in [0.15, 0.2) is 18.3 Å². The summed E-state index contributed by atoms with van der Waals surface area (Å²) in [6, 6.07) is 5.25. The third-order valence-electron chi connectivity index (χ3n) is 2.84. The average Bonchev–Trinajstić information content (AvgIpc) is 2.36. The Morgan fingerprint density at radius 1 is 1.50 bits per heavy atom. The molecule has 0 spiro atoms. The summed E-state index contributed by atoms with van der Waals surface area (Å²) in [5.41, 5.74) is 0.538. The van der Waals surface area contributed by atoms with Crippen LogP contribution in [0.4, 0.5) is 0 Å². The van der Waals surface area contributed by atoms with Crippen LogP contribution in [0.25, 0.3) is 0 Å². The molecule has 1 amide bonds. The number of hydrogen-bond donors (Lipinski definition) is 0. The molecule has 18 heavy (non-hydrogen) atoms. The van der Waals surface area contributed by atoms with Crippen LogP contribution in [-0.4, -0.2) is 41.1 Å². The van der Waals surface area contributed by atoms with Crippen molar-refractivity contribution >= 4 is 5.91 Å². The first-order chi connectivity index (χ1) is 8.61. The molecule has 0 aromatic carbocycles. The fourth-order valence-electron chi connectivity index (χ4n) is 2.16. The third kappa shape index (κ3) is 2.49. The summed E-state index contributed by atoms with van der Waals surface area (Å²) in [7, 11) is 0. The Balaban J connectivity index is 2.23. The first kappa shape index (κ1) is 12.5. The van der Waals surface area contributed by atoms with Crippen LogP contribution in [0.1, 0.15) is 29.9 Å². The van der Waals surface area contributed by atoms with E-state index in [1.807, 2.05) is 19.9 Å². The summed E-state index contributed by atoms with van der Waals surface area (Å²) < 4.78 is 5.58. The summed E-state index contributed by atoms with van der Waals surface area (Å²) in [6.45, 7) is 4.92. The lowest BCUT2D eigenvalue weighted by atomic mass is 10.1. The van der Waals surface area contributed by atoms with Crippen molar-refractivity contribution in [1.29, 1.82) is 5.26 Å². The van der Waals surface area contributed by atoms with Gasteiger partial charge in [-0.1, -0.05) is 0 Å². The molecule has 2 rings (SSSR count). The van der Waals surface area contributed by atoms with Crippen LogP contribution in [0.3, 0.4) is 0 Å². The van der Waals surface area contributed by atoms with Crippen molar-refractivity contribution in [2.45, 2.75) is 26.1 Å². The van der Waals surface area contributed by atoms with E-state index in [-0.39, 0.29) is 23.8 Å². The zero-order chi connectivity index (χ0) is 13.1. The standard InChI is InChI=1S/C13H15N3O2/c1-9-7-16(8-10(2)18-9)13(17)12-11(6-14)4-3-5-15-12/h3-5,9-10H,7-8H2,1-2H3/t9-,10+. The van der Waals surface area contributed by atoms with Gasteiger partial charge in [-0.3, -0.25) is 4.79 Å². The van der Waals surface area contributed by atoms with Crippen molar-refractivity contribution in [3.63, 3.8) is 0 Å². The van der Waals surface area contributed by atoms with Crippen LogP contribution >= 0.6 is 0 Å². The second-order valence-electron chi connectivity index (χ2n) is 4.48. The highest BCUT2D eigenvalue weighted by atomic mass is 16.5. The molecule has 1 aliphatic rings. The number of ether oxygens (including phenoxy) is 1. The van der Waals surface area contributed by atoms with Crippen LogP contribution in [-0.2, 0) is 4.74 Å². The molecule has 5 heteroatoms. The Labute approximate surface area is 106 Å². The van der Waals surface area contributed by atoms with E-state index in [9.17, 15) is 4.79 Å². The van der Waals surface area contributed by atoms with Crippen molar-refractivity contribution < 1.29 is 9.53 Å². The number of nitrogens with zero attached hydrogens (tertiary/aromatic N) is 3. The number of carbonyl (C=O) groups is 1. The fourth-order valence-corrected chi connectivity index (χ4v) is 2.16. The second-order valence-corrected chi connectivity index (χ2v) is 4.48. The van der Waals surface area contributed by atoms with Crippen molar-refractivity contribution in [3.8, 4) is 6.07 Å².